The van der Waals surface area contributed by atoms with Crippen LogP contribution >= 0.6 is 23.7 Å². The van der Waals surface area contributed by atoms with Crippen molar-refractivity contribution in [1.82, 2.24) is 9.80 Å². The van der Waals surface area contributed by atoms with E-state index in [1.165, 1.54) is 11.3 Å². The molecule has 1 atom stereocenters. The van der Waals surface area contributed by atoms with E-state index in [-0.39, 0.29) is 30.6 Å². The van der Waals surface area contributed by atoms with Crippen molar-refractivity contribution >= 4 is 41.5 Å². The fraction of sp³-hybridized carbons (Fsp3) is 0.462. The molecule has 1 aromatic heterocycles. The number of hydrogen-bond donors (Lipinski definition) is 2. The van der Waals surface area contributed by atoms with Crippen molar-refractivity contribution in [2.45, 2.75) is 12.5 Å². The molecular formula is C13H19ClN4O3S. The molecule has 9 heteroatoms. The minimum absolute atomic E-state index is 0. The van der Waals surface area contributed by atoms with Gasteiger partial charge in [0.1, 0.15) is 0 Å². The molecule has 0 aliphatic carbocycles. The first-order valence-corrected chi connectivity index (χ1v) is 7.57. The largest absolute Gasteiger partial charge is 0.370 e. The first-order valence-electron chi connectivity index (χ1n) is 6.63. The molecule has 1 aliphatic heterocycles. The molecule has 3 amide bonds. The minimum atomic E-state index is -0.901. The van der Waals surface area contributed by atoms with E-state index < -0.39 is 11.9 Å². The van der Waals surface area contributed by atoms with Gasteiger partial charge in [-0.05, 0) is 11.4 Å². The normalized spacial score (nSPS) is 15.9. The zero-order valence-corrected chi connectivity index (χ0v) is 13.6. The van der Waals surface area contributed by atoms with Crippen LogP contribution in [-0.4, -0.2) is 59.7 Å². The lowest BCUT2D eigenvalue weighted by atomic mass is 10.1. The summed E-state index contributed by atoms with van der Waals surface area (Å²) in [7, 11) is 0. The number of nitrogens with zero attached hydrogens (tertiary/aromatic N) is 2. The molecule has 0 bridgehead atoms. The van der Waals surface area contributed by atoms with E-state index in [4.69, 9.17) is 11.5 Å². The average Bonchev–Trinajstić information content (AvgIpc) is 2.99. The van der Waals surface area contributed by atoms with Crippen LogP contribution in [0.5, 0.6) is 0 Å². The monoisotopic (exact) mass is 346 g/mol. The third-order valence-electron chi connectivity index (χ3n) is 3.38. The van der Waals surface area contributed by atoms with Crippen molar-refractivity contribution < 1.29 is 14.4 Å². The first kappa shape index (κ1) is 18.4. The Morgan fingerprint density at radius 2 is 1.77 bits per heavy atom. The van der Waals surface area contributed by atoms with Crippen LogP contribution in [0.15, 0.2) is 16.8 Å². The molecule has 0 spiro atoms. The Morgan fingerprint density at radius 1 is 1.18 bits per heavy atom. The zero-order chi connectivity index (χ0) is 15.4. The lowest BCUT2D eigenvalue weighted by Crippen LogP contribution is -2.54. The third-order valence-corrected chi connectivity index (χ3v) is 4.07. The third kappa shape index (κ3) is 4.43. The number of rotatable bonds is 4. The molecule has 0 saturated carbocycles. The highest BCUT2D eigenvalue weighted by Gasteiger charge is 2.28. The van der Waals surface area contributed by atoms with Crippen molar-refractivity contribution in [3.05, 3.63) is 22.4 Å². The highest BCUT2D eigenvalue weighted by Crippen LogP contribution is 2.12. The van der Waals surface area contributed by atoms with Gasteiger partial charge in [-0.2, -0.15) is 11.3 Å². The SMILES string of the molecule is Cl.NC(=O)CC(N)C(=O)N1CCN(C(=O)c2ccsc2)CC1. The quantitative estimate of drug-likeness (QED) is 0.776. The van der Waals surface area contributed by atoms with E-state index in [9.17, 15) is 14.4 Å². The van der Waals surface area contributed by atoms with Gasteiger partial charge in [-0.15, -0.1) is 12.4 Å². The van der Waals surface area contributed by atoms with Crippen LogP contribution in [0.3, 0.4) is 0 Å². The van der Waals surface area contributed by atoms with E-state index in [0.717, 1.165) is 0 Å². The molecule has 1 aliphatic rings. The number of piperazine rings is 1. The van der Waals surface area contributed by atoms with Gasteiger partial charge < -0.3 is 21.3 Å². The summed E-state index contributed by atoms with van der Waals surface area (Å²) in [4.78, 5) is 38.3. The number of halogens is 1. The van der Waals surface area contributed by atoms with Crippen LogP contribution in [0.2, 0.25) is 0 Å². The Bertz CT molecular complexity index is 529. The smallest absolute Gasteiger partial charge is 0.254 e. The maximum Gasteiger partial charge on any atom is 0.254 e. The number of thiophene rings is 1. The standard InChI is InChI=1S/C13H18N4O3S.ClH/c14-10(7-11(15)18)13(20)17-4-2-16(3-5-17)12(19)9-1-6-21-8-9;/h1,6,8,10H,2-5,7,14H2,(H2,15,18);1H. The molecule has 1 unspecified atom stereocenters. The number of carbonyl (C=O) groups excluding carboxylic acids is 3. The Morgan fingerprint density at radius 3 is 2.27 bits per heavy atom. The van der Waals surface area contributed by atoms with Gasteiger partial charge in [0.15, 0.2) is 0 Å². The van der Waals surface area contributed by atoms with E-state index >= 15 is 0 Å². The lowest BCUT2D eigenvalue weighted by Gasteiger charge is -2.35. The number of hydrogen-bond acceptors (Lipinski definition) is 5. The Hall–Kier alpha value is -1.64. The minimum Gasteiger partial charge on any atom is -0.370 e. The molecule has 1 saturated heterocycles. The van der Waals surface area contributed by atoms with Gasteiger partial charge in [0, 0.05) is 31.6 Å². The van der Waals surface area contributed by atoms with Crippen LogP contribution in [0, 0.1) is 0 Å². The molecule has 0 aromatic carbocycles. The number of carbonyl (C=O) groups is 3. The molecule has 7 nitrogen and oxygen atoms in total. The highest BCUT2D eigenvalue weighted by molar-refractivity contribution is 7.08. The van der Waals surface area contributed by atoms with Gasteiger partial charge in [0.2, 0.25) is 11.8 Å². The topological polar surface area (TPSA) is 110 Å². The maximum absolute atomic E-state index is 12.2. The molecule has 22 heavy (non-hydrogen) atoms. The number of nitrogens with two attached hydrogens (primary N) is 2. The average molecular weight is 347 g/mol. The maximum atomic E-state index is 12.2. The molecule has 2 rings (SSSR count). The van der Waals surface area contributed by atoms with Crippen molar-refractivity contribution in [2.24, 2.45) is 11.5 Å². The first-order chi connectivity index (χ1) is 9.99. The van der Waals surface area contributed by atoms with Crippen LogP contribution in [-0.2, 0) is 9.59 Å². The second kappa shape index (κ2) is 8.11. The van der Waals surface area contributed by atoms with Crippen LogP contribution in [0.1, 0.15) is 16.8 Å². The van der Waals surface area contributed by atoms with Gasteiger partial charge in [0.25, 0.3) is 5.91 Å². The van der Waals surface area contributed by atoms with Crippen molar-refractivity contribution in [3.63, 3.8) is 0 Å². The zero-order valence-electron chi connectivity index (χ0n) is 11.9. The summed E-state index contributed by atoms with van der Waals surface area (Å²) in [5.74, 6) is -0.914. The molecule has 1 aromatic rings. The molecule has 2 heterocycles. The second-order valence-corrected chi connectivity index (χ2v) is 5.69. The summed E-state index contributed by atoms with van der Waals surface area (Å²) >= 11 is 1.47. The van der Waals surface area contributed by atoms with E-state index in [1.807, 2.05) is 10.8 Å². The lowest BCUT2D eigenvalue weighted by molar-refractivity contribution is -0.135. The Labute approximate surface area is 138 Å². The summed E-state index contributed by atoms with van der Waals surface area (Å²) < 4.78 is 0. The van der Waals surface area contributed by atoms with Crippen LogP contribution in [0.4, 0.5) is 0 Å². The van der Waals surface area contributed by atoms with Crippen LogP contribution < -0.4 is 11.5 Å². The van der Waals surface area contributed by atoms with Gasteiger partial charge in [-0.3, -0.25) is 14.4 Å². The molecule has 4 N–H and O–H groups in total. The molecule has 122 valence electrons. The highest BCUT2D eigenvalue weighted by atomic mass is 35.5. The summed E-state index contributed by atoms with van der Waals surface area (Å²) in [6.45, 7) is 1.76. The van der Waals surface area contributed by atoms with Crippen molar-refractivity contribution in [1.29, 1.82) is 0 Å². The van der Waals surface area contributed by atoms with Gasteiger partial charge in [-0.1, -0.05) is 0 Å². The van der Waals surface area contributed by atoms with Gasteiger partial charge >= 0.3 is 0 Å². The molecule has 1 fully saturated rings. The summed E-state index contributed by atoms with van der Waals surface area (Å²) in [6, 6.07) is 0.884. The van der Waals surface area contributed by atoms with Crippen LogP contribution in [0.25, 0.3) is 0 Å². The van der Waals surface area contributed by atoms with E-state index in [2.05, 4.69) is 0 Å². The Kier molecular flexibility index (Phi) is 6.79. The van der Waals surface area contributed by atoms with Crippen molar-refractivity contribution in [3.8, 4) is 0 Å². The predicted octanol–water partition coefficient (Wildman–Crippen LogP) is -0.343. The Balaban J connectivity index is 0.00000242. The number of primary amides is 1. The van der Waals surface area contributed by atoms with E-state index in [1.54, 1.807) is 15.9 Å². The predicted molar refractivity (Wildman–Crippen MR) is 85.8 cm³/mol. The fourth-order valence-electron chi connectivity index (χ4n) is 2.24. The van der Waals surface area contributed by atoms with Gasteiger partial charge in [-0.25, -0.2) is 0 Å². The van der Waals surface area contributed by atoms with Crippen molar-refractivity contribution in [2.75, 3.05) is 26.2 Å². The molecular weight excluding hydrogens is 328 g/mol. The summed E-state index contributed by atoms with van der Waals surface area (Å²) in [6.07, 6.45) is -0.160. The molecule has 0 radical (unpaired) electrons. The fourth-order valence-corrected chi connectivity index (χ4v) is 2.87. The van der Waals surface area contributed by atoms with E-state index in [0.29, 0.717) is 31.7 Å². The van der Waals surface area contributed by atoms with Gasteiger partial charge in [0.05, 0.1) is 18.0 Å². The summed E-state index contributed by atoms with van der Waals surface area (Å²) in [5.41, 5.74) is 11.4. The number of amides is 3. The summed E-state index contributed by atoms with van der Waals surface area (Å²) in [5, 5.41) is 3.67. The second-order valence-electron chi connectivity index (χ2n) is 4.91.